The molecule has 15 heavy (non-hydrogen) atoms. The Kier molecular flexibility index (Phi) is 2.82. The minimum absolute atomic E-state index is 0.0234. The highest BCUT2D eigenvalue weighted by Gasteiger charge is 2.05. The van der Waals surface area contributed by atoms with Gasteiger partial charge in [0.25, 0.3) is 0 Å². The molecule has 2 rings (SSSR count). The van der Waals surface area contributed by atoms with Crippen molar-refractivity contribution in [1.29, 1.82) is 0 Å². The maximum atomic E-state index is 5.83. The predicted molar refractivity (Wildman–Crippen MR) is 57.1 cm³/mol. The van der Waals surface area contributed by atoms with Crippen LogP contribution in [0.4, 0.5) is 0 Å². The monoisotopic (exact) mass is 205 g/mol. The second-order valence-electron chi connectivity index (χ2n) is 3.60. The summed E-state index contributed by atoms with van der Waals surface area (Å²) in [6.45, 7) is 3.72. The Morgan fingerprint density at radius 1 is 1.33 bits per heavy atom. The third kappa shape index (κ3) is 2.24. The first-order valence-electron chi connectivity index (χ1n) is 4.98. The second kappa shape index (κ2) is 4.27. The maximum Gasteiger partial charge on any atom is 0.0949 e. The molecule has 0 spiro atoms. The van der Waals surface area contributed by atoms with E-state index in [4.69, 9.17) is 5.73 Å². The lowest BCUT2D eigenvalue weighted by Crippen LogP contribution is -2.14. The Morgan fingerprint density at radius 3 is 2.87 bits per heavy atom. The number of aryl methyl sites for hydroxylation is 2. The van der Waals surface area contributed by atoms with Crippen LogP contribution in [0.15, 0.2) is 31.2 Å². The van der Waals surface area contributed by atoms with Crippen LogP contribution in [0, 0.1) is 0 Å². The van der Waals surface area contributed by atoms with Gasteiger partial charge in [-0.1, -0.05) is 0 Å². The van der Waals surface area contributed by atoms with Gasteiger partial charge in [0, 0.05) is 37.7 Å². The molecule has 5 nitrogen and oxygen atoms in total. The number of rotatable bonds is 4. The lowest BCUT2D eigenvalue weighted by atomic mass is 10.3. The van der Waals surface area contributed by atoms with Gasteiger partial charge in [-0.3, -0.25) is 0 Å². The molecule has 1 unspecified atom stereocenters. The van der Waals surface area contributed by atoms with Gasteiger partial charge in [-0.05, 0) is 6.92 Å². The second-order valence-corrected chi connectivity index (χ2v) is 3.60. The van der Waals surface area contributed by atoms with Gasteiger partial charge in [0.15, 0.2) is 0 Å². The molecule has 0 amide bonds. The zero-order valence-electron chi connectivity index (χ0n) is 8.74. The van der Waals surface area contributed by atoms with Crippen molar-refractivity contribution in [2.75, 3.05) is 0 Å². The van der Waals surface area contributed by atoms with E-state index in [1.165, 1.54) is 0 Å². The molecule has 5 heteroatoms. The first-order valence-corrected chi connectivity index (χ1v) is 4.98. The normalized spacial score (nSPS) is 12.9. The van der Waals surface area contributed by atoms with E-state index < -0.39 is 0 Å². The van der Waals surface area contributed by atoms with Crippen LogP contribution in [0.5, 0.6) is 0 Å². The maximum absolute atomic E-state index is 5.83. The smallest absolute Gasteiger partial charge is 0.0949 e. The van der Waals surface area contributed by atoms with Crippen LogP contribution in [0.3, 0.4) is 0 Å². The van der Waals surface area contributed by atoms with Gasteiger partial charge in [-0.2, -0.15) is 0 Å². The molecule has 0 aliphatic carbocycles. The van der Waals surface area contributed by atoms with Gasteiger partial charge in [0.2, 0.25) is 0 Å². The number of aromatic nitrogens is 4. The molecule has 0 radical (unpaired) electrons. The van der Waals surface area contributed by atoms with Crippen LogP contribution >= 0.6 is 0 Å². The summed E-state index contributed by atoms with van der Waals surface area (Å²) >= 11 is 0. The van der Waals surface area contributed by atoms with Crippen LogP contribution in [-0.4, -0.2) is 19.1 Å². The first-order chi connectivity index (χ1) is 7.27. The minimum atomic E-state index is 0.0234. The highest BCUT2D eigenvalue weighted by molar-refractivity contribution is 5.02. The van der Waals surface area contributed by atoms with Crippen molar-refractivity contribution in [2.24, 2.45) is 5.73 Å². The highest BCUT2D eigenvalue weighted by atomic mass is 15.1. The van der Waals surface area contributed by atoms with E-state index in [1.54, 1.807) is 6.20 Å². The predicted octanol–water partition coefficient (Wildman–Crippen LogP) is 0.799. The average molecular weight is 205 g/mol. The van der Waals surface area contributed by atoms with Gasteiger partial charge >= 0.3 is 0 Å². The fraction of sp³-hybridized carbons (Fsp3) is 0.400. The third-order valence-corrected chi connectivity index (χ3v) is 2.37. The zero-order valence-corrected chi connectivity index (χ0v) is 8.74. The van der Waals surface area contributed by atoms with Crippen molar-refractivity contribution < 1.29 is 0 Å². The van der Waals surface area contributed by atoms with Crippen molar-refractivity contribution >= 4 is 0 Å². The fourth-order valence-electron chi connectivity index (χ4n) is 1.54. The summed E-state index contributed by atoms with van der Waals surface area (Å²) in [5.74, 6) is 0. The summed E-state index contributed by atoms with van der Waals surface area (Å²) < 4.78 is 4.11. The van der Waals surface area contributed by atoms with Crippen molar-refractivity contribution in [2.45, 2.75) is 26.1 Å². The lowest BCUT2D eigenvalue weighted by Gasteiger charge is -2.10. The standard InChI is InChI=1S/C10H15N5/c1-9(11)10-6-13-8-15(10)5-4-14-3-2-12-7-14/h2-3,6-9H,4-5,11H2,1H3. The Morgan fingerprint density at radius 2 is 2.20 bits per heavy atom. The van der Waals surface area contributed by atoms with E-state index in [2.05, 4.69) is 14.5 Å². The van der Waals surface area contributed by atoms with Crippen molar-refractivity contribution in [3.8, 4) is 0 Å². The quantitative estimate of drug-likeness (QED) is 0.803. The summed E-state index contributed by atoms with van der Waals surface area (Å²) in [7, 11) is 0. The number of nitrogens with zero attached hydrogens (tertiary/aromatic N) is 4. The molecule has 0 bridgehead atoms. The van der Waals surface area contributed by atoms with E-state index in [9.17, 15) is 0 Å². The molecule has 1 atom stereocenters. The van der Waals surface area contributed by atoms with Crippen LogP contribution in [0.25, 0.3) is 0 Å². The van der Waals surface area contributed by atoms with Gasteiger partial charge in [0.1, 0.15) is 0 Å². The molecule has 2 heterocycles. The van der Waals surface area contributed by atoms with Gasteiger partial charge < -0.3 is 14.9 Å². The van der Waals surface area contributed by atoms with Crippen LogP contribution in [0.2, 0.25) is 0 Å². The number of hydrogen-bond donors (Lipinski definition) is 1. The molecule has 0 saturated heterocycles. The van der Waals surface area contributed by atoms with Gasteiger partial charge in [-0.15, -0.1) is 0 Å². The molecule has 0 saturated carbocycles. The summed E-state index contributed by atoms with van der Waals surface area (Å²) in [6, 6.07) is 0.0234. The largest absolute Gasteiger partial charge is 0.336 e. The van der Waals surface area contributed by atoms with E-state index in [-0.39, 0.29) is 6.04 Å². The molecule has 0 aromatic carbocycles. The molecule has 0 aliphatic rings. The zero-order chi connectivity index (χ0) is 10.7. The molecule has 2 aromatic rings. The minimum Gasteiger partial charge on any atom is -0.336 e. The molecule has 0 fully saturated rings. The highest BCUT2D eigenvalue weighted by Crippen LogP contribution is 2.08. The van der Waals surface area contributed by atoms with Crippen LogP contribution in [-0.2, 0) is 13.1 Å². The van der Waals surface area contributed by atoms with E-state index in [0.717, 1.165) is 18.8 Å². The number of nitrogens with two attached hydrogens (primary N) is 1. The Balaban J connectivity index is 2.02. The Labute approximate surface area is 88.6 Å². The van der Waals surface area contributed by atoms with Crippen molar-refractivity contribution in [1.82, 2.24) is 19.1 Å². The van der Waals surface area contributed by atoms with E-state index in [0.29, 0.717) is 0 Å². The lowest BCUT2D eigenvalue weighted by molar-refractivity contribution is 0.548. The Bertz CT molecular complexity index is 401. The Hall–Kier alpha value is -1.62. The van der Waals surface area contributed by atoms with E-state index >= 15 is 0 Å². The first kappa shape index (κ1) is 9.92. The van der Waals surface area contributed by atoms with Crippen molar-refractivity contribution in [3.05, 3.63) is 36.9 Å². The fourth-order valence-corrected chi connectivity index (χ4v) is 1.54. The topological polar surface area (TPSA) is 61.7 Å². The van der Waals surface area contributed by atoms with Gasteiger partial charge in [-0.25, -0.2) is 9.97 Å². The summed E-state index contributed by atoms with van der Waals surface area (Å²) in [5, 5.41) is 0. The SMILES string of the molecule is CC(N)c1cncn1CCn1ccnc1. The molecule has 0 aliphatic heterocycles. The van der Waals surface area contributed by atoms with E-state index in [1.807, 2.05) is 36.5 Å². The number of imidazole rings is 2. The molecule has 80 valence electrons. The third-order valence-electron chi connectivity index (χ3n) is 2.37. The molecule has 2 aromatic heterocycles. The van der Waals surface area contributed by atoms with Crippen LogP contribution < -0.4 is 5.73 Å². The number of hydrogen-bond acceptors (Lipinski definition) is 3. The summed E-state index contributed by atoms with van der Waals surface area (Å²) in [5.41, 5.74) is 6.89. The summed E-state index contributed by atoms with van der Waals surface area (Å²) in [4.78, 5) is 8.09. The van der Waals surface area contributed by atoms with Crippen LogP contribution in [0.1, 0.15) is 18.7 Å². The molecular formula is C10H15N5. The van der Waals surface area contributed by atoms with Gasteiger partial charge in [0.05, 0.1) is 18.3 Å². The average Bonchev–Trinajstić information content (AvgIpc) is 2.86. The molecular weight excluding hydrogens is 190 g/mol. The van der Waals surface area contributed by atoms with Crippen molar-refractivity contribution in [3.63, 3.8) is 0 Å². The summed E-state index contributed by atoms with van der Waals surface area (Å²) in [6.07, 6.45) is 9.17. The molecule has 2 N–H and O–H groups in total.